The van der Waals surface area contributed by atoms with Crippen LogP contribution in [0.25, 0.3) is 43.9 Å². The molecule has 0 amide bonds. The number of aryl methyl sites for hydroxylation is 3. The number of hydrogen-bond donors (Lipinski definition) is 0. The lowest BCUT2D eigenvalue weighted by atomic mass is 9.71. The Bertz CT molecular complexity index is 3350. The van der Waals surface area contributed by atoms with Gasteiger partial charge in [-0.2, -0.15) is 0 Å². The predicted octanol–water partition coefficient (Wildman–Crippen LogP) is 16.1. The van der Waals surface area contributed by atoms with Gasteiger partial charge in [0.25, 0.3) is 0 Å². The van der Waals surface area contributed by atoms with Gasteiger partial charge >= 0.3 is 0 Å². The van der Waals surface area contributed by atoms with Crippen molar-refractivity contribution in [2.45, 2.75) is 64.2 Å². The Kier molecular flexibility index (Phi) is 8.78. The third-order valence-electron chi connectivity index (χ3n) is 15.5. The van der Waals surface area contributed by atoms with Crippen LogP contribution in [-0.4, -0.2) is 4.98 Å². The molecule has 0 spiro atoms. The molecular weight excluding hydrogens is 787 g/mol. The van der Waals surface area contributed by atoms with Crippen LogP contribution in [0, 0.1) is 5.92 Å². The highest BCUT2D eigenvalue weighted by atomic mass is 15.2. The highest BCUT2D eigenvalue weighted by molar-refractivity contribution is 6.20. The molecule has 1 aromatic heterocycles. The minimum atomic E-state index is -0.000714. The fourth-order valence-corrected chi connectivity index (χ4v) is 12.3. The first-order valence-electron chi connectivity index (χ1n) is 23.7. The number of allylic oxidation sites excluding steroid dienone is 7. The van der Waals surface area contributed by atoms with Gasteiger partial charge in [0.05, 0.1) is 5.69 Å². The highest BCUT2D eigenvalue weighted by Gasteiger charge is 2.44. The van der Waals surface area contributed by atoms with Crippen LogP contribution in [0.3, 0.4) is 0 Å². The molecule has 0 saturated heterocycles. The molecule has 2 aliphatic heterocycles. The van der Waals surface area contributed by atoms with Gasteiger partial charge in [-0.1, -0.05) is 129 Å². The zero-order chi connectivity index (χ0) is 43.2. The lowest BCUT2D eigenvalue weighted by Gasteiger charge is -2.33. The molecule has 65 heavy (non-hydrogen) atoms. The monoisotopic (exact) mass is 837 g/mol. The number of hydrogen-bond acceptors (Lipinski definition) is 3. The van der Waals surface area contributed by atoms with E-state index in [0.29, 0.717) is 5.92 Å². The van der Waals surface area contributed by atoms with Gasteiger partial charge in [0.15, 0.2) is 0 Å². The fraction of sp³-hybridized carbons (Fsp3) is 0.177. The Morgan fingerprint density at radius 1 is 0.538 bits per heavy atom. The fourth-order valence-electron chi connectivity index (χ4n) is 12.3. The molecule has 13 rings (SSSR count). The number of rotatable bonds is 4. The van der Waals surface area contributed by atoms with Crippen molar-refractivity contribution in [1.82, 2.24) is 4.98 Å². The Hall–Kier alpha value is -7.23. The van der Waals surface area contributed by atoms with E-state index in [1.54, 1.807) is 5.57 Å². The van der Waals surface area contributed by atoms with Gasteiger partial charge in [-0.3, -0.25) is 4.98 Å². The zero-order valence-electron chi connectivity index (χ0n) is 37.2. The van der Waals surface area contributed by atoms with Gasteiger partial charge in [-0.25, -0.2) is 0 Å². The average Bonchev–Trinajstić information content (AvgIpc) is 3.47. The second-order valence-corrected chi connectivity index (χ2v) is 19.2. The summed E-state index contributed by atoms with van der Waals surface area (Å²) in [6.07, 6.45) is 19.0. The van der Waals surface area contributed by atoms with Crippen LogP contribution < -0.4 is 9.80 Å². The van der Waals surface area contributed by atoms with Crippen molar-refractivity contribution < 1.29 is 0 Å². The molecule has 3 aliphatic carbocycles. The van der Waals surface area contributed by atoms with E-state index in [0.717, 1.165) is 56.3 Å². The number of para-hydroxylation sites is 3. The van der Waals surface area contributed by atoms with Gasteiger partial charge in [0.1, 0.15) is 0 Å². The van der Waals surface area contributed by atoms with E-state index in [1.165, 1.54) is 100 Å². The molecule has 0 N–H and O–H groups in total. The molecule has 0 fully saturated rings. The summed E-state index contributed by atoms with van der Waals surface area (Å²) in [7, 11) is 0. The molecule has 3 heterocycles. The summed E-state index contributed by atoms with van der Waals surface area (Å²) in [6, 6.07) is 57.2. The summed E-state index contributed by atoms with van der Waals surface area (Å²) in [4.78, 5) is 10.2. The zero-order valence-corrected chi connectivity index (χ0v) is 37.2. The average molecular weight is 838 g/mol. The molecule has 8 aromatic rings. The second kappa shape index (κ2) is 14.9. The maximum absolute atomic E-state index is 5.15. The maximum atomic E-state index is 5.15. The Balaban J connectivity index is 1.11. The first kappa shape index (κ1) is 38.2. The summed E-state index contributed by atoms with van der Waals surface area (Å²) in [5.74, 6) is 0.366. The lowest BCUT2D eigenvalue weighted by Crippen LogP contribution is -2.25. The van der Waals surface area contributed by atoms with E-state index in [4.69, 9.17) is 4.98 Å². The van der Waals surface area contributed by atoms with E-state index >= 15 is 0 Å². The maximum Gasteiger partial charge on any atom is 0.0714 e. The topological polar surface area (TPSA) is 19.4 Å². The van der Waals surface area contributed by atoms with Crippen LogP contribution in [0.4, 0.5) is 28.4 Å². The van der Waals surface area contributed by atoms with Crippen LogP contribution in [0.15, 0.2) is 193 Å². The minimum Gasteiger partial charge on any atom is -0.310 e. The first-order chi connectivity index (χ1) is 32.0. The molecule has 314 valence electrons. The molecule has 3 nitrogen and oxygen atoms in total. The van der Waals surface area contributed by atoms with Crippen molar-refractivity contribution in [2.75, 3.05) is 9.80 Å². The number of fused-ring (bicyclic) bond motifs is 8. The molecule has 7 aromatic carbocycles. The molecule has 1 unspecified atom stereocenters. The lowest BCUT2D eigenvalue weighted by molar-refractivity contribution is 0.418. The van der Waals surface area contributed by atoms with E-state index in [1.807, 2.05) is 12.3 Å². The van der Waals surface area contributed by atoms with Crippen LogP contribution >= 0.6 is 0 Å². The molecule has 0 saturated carbocycles. The Labute approximate surface area is 382 Å². The van der Waals surface area contributed by atoms with Crippen LogP contribution in [0.2, 0.25) is 0 Å². The standard InChI is InChI=1S/C62H51N3/c1-62(2)53-20-8-7-19-47(53)48-33-30-44(37-54(48)62)60-49-34-31-46(65-58-24-11-5-17-42(58)28-29-43-18-6-12-25-59(43)65)39-52(49)61(55-21-13-14-36-63-55)50-35-32-45(38-51(50)60)64-56-22-9-3-15-40(56)26-27-41-16-4-10-23-57(41)64/h3,5-15,17-25,30-36,38-39,54H,4,16,26-29,37H2,1-2H3. The Morgan fingerprint density at radius 3 is 1.85 bits per heavy atom. The van der Waals surface area contributed by atoms with Gasteiger partial charge in [0, 0.05) is 45.9 Å². The van der Waals surface area contributed by atoms with E-state index in [9.17, 15) is 0 Å². The number of nitrogens with zero attached hydrogens (tertiary/aromatic N) is 3. The van der Waals surface area contributed by atoms with Crippen molar-refractivity contribution in [1.29, 1.82) is 0 Å². The first-order valence-corrected chi connectivity index (χ1v) is 23.7. The van der Waals surface area contributed by atoms with Crippen molar-refractivity contribution in [3.8, 4) is 11.3 Å². The highest BCUT2D eigenvalue weighted by Crippen LogP contribution is 2.57. The quantitative estimate of drug-likeness (QED) is 0.165. The number of aromatic nitrogens is 1. The normalized spacial score (nSPS) is 18.2. The number of pyridine rings is 1. The van der Waals surface area contributed by atoms with Crippen LogP contribution in [0.1, 0.15) is 72.9 Å². The van der Waals surface area contributed by atoms with E-state index in [2.05, 4.69) is 194 Å². The number of anilines is 5. The van der Waals surface area contributed by atoms with Gasteiger partial charge in [-0.15, -0.1) is 0 Å². The summed E-state index contributed by atoms with van der Waals surface area (Å²) in [6.45, 7) is 4.92. The summed E-state index contributed by atoms with van der Waals surface area (Å²) >= 11 is 0. The van der Waals surface area contributed by atoms with Gasteiger partial charge < -0.3 is 9.80 Å². The number of benzene rings is 7. The smallest absolute Gasteiger partial charge is 0.0714 e. The van der Waals surface area contributed by atoms with E-state index in [-0.39, 0.29) is 5.41 Å². The molecule has 5 aliphatic rings. The van der Waals surface area contributed by atoms with Crippen LogP contribution in [-0.2, 0) is 24.7 Å². The summed E-state index contributed by atoms with van der Waals surface area (Å²) < 4.78 is 0. The third kappa shape index (κ3) is 5.98. The van der Waals surface area contributed by atoms with Crippen molar-refractivity contribution in [3.05, 3.63) is 227 Å². The molecular formula is C62H51N3. The van der Waals surface area contributed by atoms with Crippen molar-refractivity contribution in [2.24, 2.45) is 5.92 Å². The predicted molar refractivity (Wildman–Crippen MR) is 273 cm³/mol. The second-order valence-electron chi connectivity index (χ2n) is 19.2. The minimum absolute atomic E-state index is 0.000714. The molecule has 0 radical (unpaired) electrons. The van der Waals surface area contributed by atoms with E-state index < -0.39 is 0 Å². The Morgan fingerprint density at radius 2 is 1.14 bits per heavy atom. The SMILES string of the molecule is CC1(C)c2ccccc2C2=CC=C(c3c4cc(N5C6=C(CCC=C6)CCc6ccccc65)ccc4c(-c4ccccn4)c4cc(N5c6ccccc6CCc6ccccc65)ccc34)CC21. The third-order valence-corrected chi connectivity index (χ3v) is 15.5. The van der Waals surface area contributed by atoms with Crippen LogP contribution in [0.5, 0.6) is 0 Å². The van der Waals surface area contributed by atoms with Crippen molar-refractivity contribution >= 4 is 61.1 Å². The van der Waals surface area contributed by atoms with Gasteiger partial charge in [-0.05, 0) is 189 Å². The molecule has 3 heteroatoms. The van der Waals surface area contributed by atoms with Crippen molar-refractivity contribution in [3.63, 3.8) is 0 Å². The van der Waals surface area contributed by atoms with Gasteiger partial charge in [0.2, 0.25) is 0 Å². The summed E-state index contributed by atoms with van der Waals surface area (Å²) in [5.41, 5.74) is 22.4. The largest absolute Gasteiger partial charge is 0.310 e. The molecule has 1 atom stereocenters. The molecule has 0 bridgehead atoms. The summed E-state index contributed by atoms with van der Waals surface area (Å²) in [5, 5.41) is 4.99.